The smallest absolute Gasteiger partial charge is 0.306 e. The van der Waals surface area contributed by atoms with Gasteiger partial charge in [-0.15, -0.1) is 0 Å². The van der Waals surface area contributed by atoms with Gasteiger partial charge in [0.1, 0.15) is 13.2 Å². The molecule has 0 aliphatic carbocycles. The van der Waals surface area contributed by atoms with Crippen LogP contribution in [0.3, 0.4) is 0 Å². The van der Waals surface area contributed by atoms with E-state index in [0.29, 0.717) is 19.3 Å². The fraction of sp³-hybridized carbons (Fsp3) is 0.819. The number of rotatable bonds is 63. The Labute approximate surface area is 485 Å². The second kappa shape index (κ2) is 66.6. The molecular formula is C72H130O6. The zero-order valence-corrected chi connectivity index (χ0v) is 52.2. The van der Waals surface area contributed by atoms with Gasteiger partial charge in [0.2, 0.25) is 0 Å². The molecule has 0 aliphatic rings. The highest BCUT2D eigenvalue weighted by Crippen LogP contribution is 2.17. The largest absolute Gasteiger partial charge is 0.462 e. The number of hydrogen-bond acceptors (Lipinski definition) is 6. The van der Waals surface area contributed by atoms with Crippen molar-refractivity contribution >= 4 is 17.9 Å². The number of ether oxygens (including phenoxy) is 3. The van der Waals surface area contributed by atoms with Crippen molar-refractivity contribution in [3.05, 3.63) is 60.8 Å². The van der Waals surface area contributed by atoms with Crippen LogP contribution in [0.15, 0.2) is 60.8 Å². The minimum atomic E-state index is -0.782. The van der Waals surface area contributed by atoms with Crippen molar-refractivity contribution < 1.29 is 28.6 Å². The molecule has 0 bridgehead atoms. The van der Waals surface area contributed by atoms with E-state index in [2.05, 4.69) is 81.5 Å². The molecule has 0 saturated heterocycles. The van der Waals surface area contributed by atoms with E-state index < -0.39 is 6.10 Å². The van der Waals surface area contributed by atoms with E-state index in [1.807, 2.05) is 0 Å². The van der Waals surface area contributed by atoms with Crippen molar-refractivity contribution in [1.29, 1.82) is 0 Å². The summed E-state index contributed by atoms with van der Waals surface area (Å²) in [4.78, 5) is 38.4. The molecule has 78 heavy (non-hydrogen) atoms. The fourth-order valence-corrected chi connectivity index (χ4v) is 10.0. The maximum absolute atomic E-state index is 12.9. The normalized spacial score (nSPS) is 12.4. The Balaban J connectivity index is 4.22. The first-order chi connectivity index (χ1) is 38.5. The van der Waals surface area contributed by atoms with Crippen LogP contribution in [0.5, 0.6) is 0 Å². The van der Waals surface area contributed by atoms with Gasteiger partial charge in [-0.2, -0.15) is 0 Å². The Morgan fingerprint density at radius 1 is 0.256 bits per heavy atom. The highest BCUT2D eigenvalue weighted by atomic mass is 16.6. The lowest BCUT2D eigenvalue weighted by molar-refractivity contribution is -0.167. The SMILES string of the molecule is CCCCC/C=C\C/C=C\CCCCCCCCCC(=O)OC(COC(=O)CCCCCCC/C=C\CCCCCCC)COC(=O)CCCCCCCCCCCCCCCCCCC/C=C\C/C=C\CCCCCCC. The van der Waals surface area contributed by atoms with E-state index in [1.54, 1.807) is 0 Å². The third-order valence-electron chi connectivity index (χ3n) is 15.2. The summed E-state index contributed by atoms with van der Waals surface area (Å²) >= 11 is 0. The summed E-state index contributed by atoms with van der Waals surface area (Å²) in [5.41, 5.74) is 0. The quantitative estimate of drug-likeness (QED) is 0.0261. The summed E-state index contributed by atoms with van der Waals surface area (Å²) < 4.78 is 16.9. The predicted octanol–water partition coefficient (Wildman–Crippen LogP) is 23.5. The highest BCUT2D eigenvalue weighted by molar-refractivity contribution is 5.71. The third-order valence-corrected chi connectivity index (χ3v) is 15.2. The predicted molar refractivity (Wildman–Crippen MR) is 339 cm³/mol. The van der Waals surface area contributed by atoms with Crippen molar-refractivity contribution in [2.24, 2.45) is 0 Å². The van der Waals surface area contributed by atoms with E-state index in [0.717, 1.165) is 83.5 Å². The second-order valence-corrected chi connectivity index (χ2v) is 23.1. The molecular weight excluding hydrogens is 961 g/mol. The third kappa shape index (κ3) is 63.9. The standard InChI is InChI=1S/C72H130O6/c1-4-7-10-13-16-19-22-25-28-30-31-32-33-34-35-36-37-38-39-40-41-43-44-47-50-53-56-59-62-65-71(74)77-68-69(67-76-70(73)64-61-58-55-52-49-46-27-24-21-18-15-12-9-6-3)78-72(75)66-63-60-57-54-51-48-45-42-29-26-23-20-17-14-11-8-5-2/h17,20,22,24-27,29-31,69H,4-16,18-19,21,23,28,32-68H2,1-3H3/b20-17-,25-22-,27-24-,29-26-,31-30-. The molecule has 0 rings (SSSR count). The molecule has 0 heterocycles. The maximum atomic E-state index is 12.9. The zero-order chi connectivity index (χ0) is 56.4. The van der Waals surface area contributed by atoms with Gasteiger partial charge in [-0.05, 0) is 109 Å². The second-order valence-electron chi connectivity index (χ2n) is 23.1. The summed E-state index contributed by atoms with van der Waals surface area (Å²) in [5, 5.41) is 0. The van der Waals surface area contributed by atoms with E-state index in [1.165, 1.54) is 238 Å². The summed E-state index contributed by atoms with van der Waals surface area (Å²) in [6.45, 7) is 6.63. The van der Waals surface area contributed by atoms with Crippen LogP contribution in [0, 0.1) is 0 Å². The van der Waals surface area contributed by atoms with Crippen molar-refractivity contribution in [3.63, 3.8) is 0 Å². The van der Waals surface area contributed by atoms with Crippen molar-refractivity contribution in [2.45, 2.75) is 367 Å². The molecule has 454 valence electrons. The van der Waals surface area contributed by atoms with Gasteiger partial charge in [0.25, 0.3) is 0 Å². The van der Waals surface area contributed by atoms with Gasteiger partial charge < -0.3 is 14.2 Å². The molecule has 0 aromatic heterocycles. The van der Waals surface area contributed by atoms with Crippen LogP contribution >= 0.6 is 0 Å². The average molecular weight is 1090 g/mol. The van der Waals surface area contributed by atoms with Gasteiger partial charge in [0.05, 0.1) is 0 Å². The molecule has 6 heteroatoms. The zero-order valence-electron chi connectivity index (χ0n) is 52.2. The van der Waals surface area contributed by atoms with E-state index >= 15 is 0 Å². The summed E-state index contributed by atoms with van der Waals surface area (Å²) in [5.74, 6) is -0.874. The van der Waals surface area contributed by atoms with Crippen LogP contribution in [0.2, 0.25) is 0 Å². The minimum Gasteiger partial charge on any atom is -0.462 e. The Bertz CT molecular complexity index is 1390. The molecule has 0 amide bonds. The molecule has 0 radical (unpaired) electrons. The number of unbranched alkanes of at least 4 members (excludes halogenated alkanes) is 42. The molecule has 6 nitrogen and oxygen atoms in total. The number of esters is 3. The molecule has 0 aliphatic heterocycles. The van der Waals surface area contributed by atoms with Gasteiger partial charge >= 0.3 is 17.9 Å². The van der Waals surface area contributed by atoms with Crippen LogP contribution in [0.25, 0.3) is 0 Å². The minimum absolute atomic E-state index is 0.0770. The van der Waals surface area contributed by atoms with Gasteiger partial charge in [-0.1, -0.05) is 293 Å². The van der Waals surface area contributed by atoms with Gasteiger partial charge in [-0.3, -0.25) is 14.4 Å². The van der Waals surface area contributed by atoms with Crippen LogP contribution in [-0.4, -0.2) is 37.2 Å². The van der Waals surface area contributed by atoms with Crippen molar-refractivity contribution in [2.75, 3.05) is 13.2 Å². The van der Waals surface area contributed by atoms with Gasteiger partial charge in [0.15, 0.2) is 6.10 Å². The van der Waals surface area contributed by atoms with E-state index in [9.17, 15) is 14.4 Å². The Hall–Kier alpha value is -2.89. The van der Waals surface area contributed by atoms with Crippen molar-refractivity contribution in [3.8, 4) is 0 Å². The van der Waals surface area contributed by atoms with Crippen molar-refractivity contribution in [1.82, 2.24) is 0 Å². The topological polar surface area (TPSA) is 78.9 Å². The van der Waals surface area contributed by atoms with Gasteiger partial charge in [-0.25, -0.2) is 0 Å². The lowest BCUT2D eigenvalue weighted by Gasteiger charge is -2.18. The number of allylic oxidation sites excluding steroid dienone is 10. The Morgan fingerprint density at radius 2 is 0.462 bits per heavy atom. The molecule has 0 spiro atoms. The Kier molecular flexibility index (Phi) is 64.2. The van der Waals surface area contributed by atoms with Gasteiger partial charge in [0, 0.05) is 19.3 Å². The monoisotopic (exact) mass is 1090 g/mol. The highest BCUT2D eigenvalue weighted by Gasteiger charge is 2.19. The summed E-state index contributed by atoms with van der Waals surface area (Å²) in [7, 11) is 0. The van der Waals surface area contributed by atoms with Crippen LogP contribution in [0.1, 0.15) is 361 Å². The molecule has 1 atom stereocenters. The lowest BCUT2D eigenvalue weighted by Crippen LogP contribution is -2.30. The van der Waals surface area contributed by atoms with Crippen LogP contribution < -0.4 is 0 Å². The number of carbonyl (C=O) groups is 3. The van der Waals surface area contributed by atoms with Crippen LogP contribution in [-0.2, 0) is 28.6 Å². The average Bonchev–Trinajstić information content (AvgIpc) is 3.44. The van der Waals surface area contributed by atoms with E-state index in [-0.39, 0.29) is 31.1 Å². The first-order valence-corrected chi connectivity index (χ1v) is 34.3. The lowest BCUT2D eigenvalue weighted by atomic mass is 10.0. The molecule has 0 aromatic rings. The summed E-state index contributed by atoms with van der Waals surface area (Å²) in [6.07, 6.45) is 85.3. The molecule has 0 N–H and O–H groups in total. The molecule has 0 fully saturated rings. The van der Waals surface area contributed by atoms with E-state index in [4.69, 9.17) is 14.2 Å². The Morgan fingerprint density at radius 3 is 0.744 bits per heavy atom. The summed E-state index contributed by atoms with van der Waals surface area (Å²) in [6, 6.07) is 0. The maximum Gasteiger partial charge on any atom is 0.306 e. The first-order valence-electron chi connectivity index (χ1n) is 34.3. The number of carbonyl (C=O) groups excluding carboxylic acids is 3. The fourth-order valence-electron chi connectivity index (χ4n) is 10.0. The molecule has 0 saturated carbocycles. The number of hydrogen-bond donors (Lipinski definition) is 0. The van der Waals surface area contributed by atoms with Crippen LogP contribution in [0.4, 0.5) is 0 Å². The molecule has 0 aromatic carbocycles. The first kappa shape index (κ1) is 75.1. The molecule has 1 unspecified atom stereocenters.